The van der Waals surface area contributed by atoms with Gasteiger partial charge in [-0.05, 0) is 10.8 Å². The number of halogens is 2. The van der Waals surface area contributed by atoms with Gasteiger partial charge in [-0.15, -0.1) is 46.2 Å². The van der Waals surface area contributed by atoms with Gasteiger partial charge in [0.25, 0.3) is 0 Å². The second-order valence-electron chi connectivity index (χ2n) is 5.32. The standard InChI is InChI=1S/C20H15.2ClH.Hf/c1-14-13-16-8-3-5-11-18(16)20(14)19-12-6-9-15-7-2-4-10-17(15)19;;;/h2-13H,1H3;2*1H;/q-1;;;/p-2. The fraction of sp³-hybridized carbons (Fsp3) is 0.0500. The molecule has 0 aromatic heterocycles. The van der Waals surface area contributed by atoms with Crippen LogP contribution in [0.5, 0.6) is 0 Å². The molecule has 0 atom stereocenters. The normalized spacial score (nSPS) is 9.78. The Morgan fingerprint density at radius 1 is 0.696 bits per heavy atom. The van der Waals surface area contributed by atoms with Crippen LogP contribution in [-0.4, -0.2) is 0 Å². The van der Waals surface area contributed by atoms with Crippen molar-refractivity contribution >= 4 is 21.5 Å². The molecule has 0 saturated heterocycles. The zero-order valence-electron chi connectivity index (χ0n) is 12.7. The van der Waals surface area contributed by atoms with Crippen molar-refractivity contribution in [3.8, 4) is 11.1 Å². The van der Waals surface area contributed by atoms with Crippen LogP contribution in [0.1, 0.15) is 5.56 Å². The van der Waals surface area contributed by atoms with Crippen molar-refractivity contribution in [3.05, 3.63) is 78.4 Å². The second kappa shape index (κ2) is 8.19. The van der Waals surface area contributed by atoms with Crippen LogP contribution < -0.4 is 24.8 Å². The average Bonchev–Trinajstić information content (AvgIpc) is 2.82. The van der Waals surface area contributed by atoms with E-state index in [0.717, 1.165) is 0 Å². The zero-order valence-corrected chi connectivity index (χ0v) is 17.8. The summed E-state index contributed by atoms with van der Waals surface area (Å²) in [6.45, 7) is 2.21. The Labute approximate surface area is 167 Å². The minimum atomic E-state index is 0. The van der Waals surface area contributed by atoms with E-state index in [1.165, 1.54) is 38.2 Å². The van der Waals surface area contributed by atoms with Gasteiger partial charge in [-0.2, -0.15) is 0 Å². The van der Waals surface area contributed by atoms with Gasteiger partial charge < -0.3 is 24.8 Å². The minimum absolute atomic E-state index is 0. The zero-order chi connectivity index (χ0) is 13.5. The maximum atomic E-state index is 2.28. The number of benzene rings is 3. The fourth-order valence-corrected chi connectivity index (χ4v) is 3.17. The Bertz CT molecular complexity index is 920. The molecule has 4 aromatic carbocycles. The summed E-state index contributed by atoms with van der Waals surface area (Å²) < 4.78 is 0. The van der Waals surface area contributed by atoms with Crippen LogP contribution in [0, 0.1) is 6.92 Å². The number of hydrogen-bond acceptors (Lipinski definition) is 0. The van der Waals surface area contributed by atoms with E-state index in [-0.39, 0.29) is 50.7 Å². The molecule has 0 aliphatic heterocycles. The van der Waals surface area contributed by atoms with Gasteiger partial charge in [0, 0.05) is 25.8 Å². The van der Waals surface area contributed by atoms with E-state index in [9.17, 15) is 0 Å². The molecule has 0 radical (unpaired) electrons. The van der Waals surface area contributed by atoms with Crippen LogP contribution in [0.2, 0.25) is 0 Å². The van der Waals surface area contributed by atoms with Gasteiger partial charge >= 0.3 is 0 Å². The van der Waals surface area contributed by atoms with Crippen LogP contribution >= 0.6 is 0 Å². The van der Waals surface area contributed by atoms with Crippen molar-refractivity contribution in [2.45, 2.75) is 6.92 Å². The first-order valence-electron chi connectivity index (χ1n) is 6.98. The van der Waals surface area contributed by atoms with Gasteiger partial charge in [0.15, 0.2) is 0 Å². The summed E-state index contributed by atoms with van der Waals surface area (Å²) >= 11 is 0. The fourth-order valence-electron chi connectivity index (χ4n) is 3.17. The van der Waals surface area contributed by atoms with Gasteiger partial charge in [-0.25, -0.2) is 0 Å². The van der Waals surface area contributed by atoms with Crippen molar-refractivity contribution < 1.29 is 50.7 Å². The van der Waals surface area contributed by atoms with Crippen LogP contribution in [-0.2, 0) is 25.8 Å². The third-order valence-electron chi connectivity index (χ3n) is 4.06. The first-order valence-corrected chi connectivity index (χ1v) is 6.98. The second-order valence-corrected chi connectivity index (χ2v) is 5.32. The molecular weight excluding hydrogens is 490 g/mol. The monoisotopic (exact) mass is 505 g/mol. The average molecular weight is 505 g/mol. The molecule has 0 nitrogen and oxygen atoms in total. The van der Waals surface area contributed by atoms with Gasteiger partial charge in [0.05, 0.1) is 0 Å². The van der Waals surface area contributed by atoms with Gasteiger partial charge in [-0.1, -0.05) is 61.0 Å². The molecule has 0 fully saturated rings. The molecular formula is C20H15Cl2Hf-3. The van der Waals surface area contributed by atoms with E-state index in [0.29, 0.717) is 0 Å². The van der Waals surface area contributed by atoms with Crippen LogP contribution in [0.3, 0.4) is 0 Å². The number of rotatable bonds is 1. The molecule has 0 aliphatic carbocycles. The van der Waals surface area contributed by atoms with E-state index in [1.807, 2.05) is 0 Å². The smallest absolute Gasteiger partial charge is 0 e. The summed E-state index contributed by atoms with van der Waals surface area (Å²) in [5.74, 6) is 0. The molecule has 0 N–H and O–H groups in total. The molecule has 0 unspecified atom stereocenters. The van der Waals surface area contributed by atoms with E-state index in [1.54, 1.807) is 0 Å². The summed E-state index contributed by atoms with van der Waals surface area (Å²) in [6, 6.07) is 26.1. The summed E-state index contributed by atoms with van der Waals surface area (Å²) in [4.78, 5) is 0. The molecule has 0 bridgehead atoms. The Morgan fingerprint density at radius 2 is 1.30 bits per heavy atom. The van der Waals surface area contributed by atoms with Crippen molar-refractivity contribution in [2.24, 2.45) is 0 Å². The predicted molar refractivity (Wildman–Crippen MR) is 87.2 cm³/mol. The predicted octanol–water partition coefficient (Wildman–Crippen LogP) is -0.307. The summed E-state index contributed by atoms with van der Waals surface area (Å²) in [6.07, 6.45) is 0. The van der Waals surface area contributed by atoms with Gasteiger partial charge in [0.2, 0.25) is 0 Å². The van der Waals surface area contributed by atoms with Crippen molar-refractivity contribution in [1.29, 1.82) is 0 Å². The molecule has 23 heavy (non-hydrogen) atoms. The molecule has 0 aliphatic rings. The van der Waals surface area contributed by atoms with E-state index >= 15 is 0 Å². The SMILES string of the molecule is Cc1[cH-]c2ccccc2c1-c1cccc2ccccc12.[Cl-].[Cl-].[Hf]. The maximum absolute atomic E-state index is 2.28. The number of aryl methyl sites for hydroxylation is 1. The van der Waals surface area contributed by atoms with E-state index < -0.39 is 0 Å². The van der Waals surface area contributed by atoms with Gasteiger partial charge in [0.1, 0.15) is 0 Å². The quantitative estimate of drug-likeness (QED) is 0.247. The molecule has 0 heterocycles. The van der Waals surface area contributed by atoms with Crippen LogP contribution in [0.25, 0.3) is 32.7 Å². The Balaban J connectivity index is 0.000000882. The molecule has 3 heteroatoms. The van der Waals surface area contributed by atoms with Crippen molar-refractivity contribution in [1.82, 2.24) is 0 Å². The first-order chi connectivity index (χ1) is 9.84. The molecule has 0 saturated carbocycles. The molecule has 4 aromatic rings. The number of hydrogen-bond donors (Lipinski definition) is 0. The third kappa shape index (κ3) is 3.42. The Hall–Kier alpha value is -1.02. The topological polar surface area (TPSA) is 0 Å². The van der Waals surface area contributed by atoms with Crippen molar-refractivity contribution in [2.75, 3.05) is 0 Å². The third-order valence-corrected chi connectivity index (χ3v) is 4.06. The Kier molecular flexibility index (Phi) is 7.13. The Morgan fingerprint density at radius 3 is 2.09 bits per heavy atom. The van der Waals surface area contributed by atoms with E-state index in [2.05, 4.69) is 79.7 Å². The molecule has 0 amide bonds. The van der Waals surface area contributed by atoms with Crippen LogP contribution in [0.4, 0.5) is 0 Å². The van der Waals surface area contributed by atoms with E-state index in [4.69, 9.17) is 0 Å². The summed E-state index contributed by atoms with van der Waals surface area (Å²) in [7, 11) is 0. The molecule has 4 rings (SSSR count). The van der Waals surface area contributed by atoms with Gasteiger partial charge in [-0.3, -0.25) is 0 Å². The molecule has 116 valence electrons. The summed E-state index contributed by atoms with van der Waals surface area (Å²) in [5.41, 5.74) is 4.06. The van der Waals surface area contributed by atoms with Crippen molar-refractivity contribution in [3.63, 3.8) is 0 Å². The van der Waals surface area contributed by atoms with Crippen LogP contribution in [0.15, 0.2) is 72.8 Å². The largest absolute Gasteiger partial charge is 1.00 e. The maximum Gasteiger partial charge on any atom is 0 e. The summed E-state index contributed by atoms with van der Waals surface area (Å²) in [5, 5.41) is 5.30. The first kappa shape index (κ1) is 20.0. The number of fused-ring (bicyclic) bond motifs is 2. The minimum Gasteiger partial charge on any atom is -1.00 e. The molecule has 0 spiro atoms.